The van der Waals surface area contributed by atoms with Gasteiger partial charge in [0.2, 0.25) is 5.95 Å². The van der Waals surface area contributed by atoms with Gasteiger partial charge in [0.05, 0.1) is 6.20 Å². The number of imidazole rings is 1. The van der Waals surface area contributed by atoms with Crippen LogP contribution in [0.2, 0.25) is 0 Å². The van der Waals surface area contributed by atoms with Gasteiger partial charge in [-0.25, -0.2) is 4.98 Å². The summed E-state index contributed by atoms with van der Waals surface area (Å²) in [5.41, 5.74) is -0.672. The van der Waals surface area contributed by atoms with Crippen molar-refractivity contribution in [3.8, 4) is 0 Å². The quantitative estimate of drug-likeness (QED) is 0.676. The SMILES string of the molecule is FC(F)(F)c1cnc2n1CCCN2. The van der Waals surface area contributed by atoms with Crippen LogP contribution in [0.15, 0.2) is 6.20 Å². The molecular formula is C7H8F3N3. The van der Waals surface area contributed by atoms with Crippen LogP contribution in [0.4, 0.5) is 19.1 Å². The lowest BCUT2D eigenvalue weighted by molar-refractivity contribution is -0.143. The second-order valence-corrected chi connectivity index (χ2v) is 2.90. The summed E-state index contributed by atoms with van der Waals surface area (Å²) in [4.78, 5) is 3.66. The summed E-state index contributed by atoms with van der Waals surface area (Å²) in [7, 11) is 0. The van der Waals surface area contributed by atoms with E-state index >= 15 is 0 Å². The van der Waals surface area contributed by atoms with E-state index in [1.165, 1.54) is 4.57 Å². The van der Waals surface area contributed by atoms with Crippen LogP contribution in [0, 0.1) is 0 Å². The molecule has 1 N–H and O–H groups in total. The van der Waals surface area contributed by atoms with Crippen molar-refractivity contribution < 1.29 is 13.2 Å². The van der Waals surface area contributed by atoms with Gasteiger partial charge < -0.3 is 9.88 Å². The molecule has 0 atom stereocenters. The molecule has 0 amide bonds. The third-order valence-electron chi connectivity index (χ3n) is 1.99. The zero-order valence-electron chi connectivity index (χ0n) is 6.73. The van der Waals surface area contributed by atoms with Gasteiger partial charge in [0, 0.05) is 13.1 Å². The zero-order chi connectivity index (χ0) is 9.47. The lowest BCUT2D eigenvalue weighted by Crippen LogP contribution is -2.21. The van der Waals surface area contributed by atoms with E-state index in [2.05, 4.69) is 10.3 Å². The molecule has 1 aromatic rings. The van der Waals surface area contributed by atoms with Crippen molar-refractivity contribution in [1.82, 2.24) is 9.55 Å². The molecule has 72 valence electrons. The molecule has 6 heteroatoms. The molecule has 0 unspecified atom stereocenters. The second kappa shape index (κ2) is 2.65. The number of alkyl halides is 3. The molecule has 0 saturated carbocycles. The summed E-state index contributed by atoms with van der Waals surface area (Å²) in [5.74, 6) is 0.318. The van der Waals surface area contributed by atoms with Crippen LogP contribution in [0.25, 0.3) is 0 Å². The number of nitrogens with zero attached hydrogens (tertiary/aromatic N) is 2. The van der Waals surface area contributed by atoms with Gasteiger partial charge in [0.1, 0.15) is 5.69 Å². The highest BCUT2D eigenvalue weighted by Crippen LogP contribution is 2.31. The van der Waals surface area contributed by atoms with Crippen LogP contribution in [-0.4, -0.2) is 16.1 Å². The highest BCUT2D eigenvalue weighted by Gasteiger charge is 2.36. The fourth-order valence-electron chi connectivity index (χ4n) is 1.41. The van der Waals surface area contributed by atoms with Gasteiger partial charge in [-0.05, 0) is 6.42 Å². The van der Waals surface area contributed by atoms with Crippen LogP contribution >= 0.6 is 0 Å². The second-order valence-electron chi connectivity index (χ2n) is 2.90. The van der Waals surface area contributed by atoms with Crippen molar-refractivity contribution in [2.24, 2.45) is 0 Å². The van der Waals surface area contributed by atoms with E-state index in [4.69, 9.17) is 0 Å². The van der Waals surface area contributed by atoms with E-state index in [-0.39, 0.29) is 0 Å². The molecule has 1 aromatic heterocycles. The van der Waals surface area contributed by atoms with Gasteiger partial charge in [-0.1, -0.05) is 0 Å². The number of anilines is 1. The summed E-state index contributed by atoms with van der Waals surface area (Å²) in [6, 6.07) is 0. The Labute approximate surface area is 72.6 Å². The van der Waals surface area contributed by atoms with E-state index in [1.54, 1.807) is 0 Å². The highest BCUT2D eigenvalue weighted by molar-refractivity contribution is 5.32. The Morgan fingerprint density at radius 1 is 1.46 bits per heavy atom. The van der Waals surface area contributed by atoms with Crippen LogP contribution < -0.4 is 5.32 Å². The first-order valence-corrected chi connectivity index (χ1v) is 3.95. The average molecular weight is 191 g/mol. The first kappa shape index (κ1) is 8.40. The predicted octanol–water partition coefficient (Wildman–Crippen LogP) is 1.72. The fourth-order valence-corrected chi connectivity index (χ4v) is 1.41. The Kier molecular flexibility index (Phi) is 1.71. The smallest absolute Gasteiger partial charge is 0.356 e. The first-order chi connectivity index (χ1) is 6.09. The lowest BCUT2D eigenvalue weighted by atomic mass is 10.3. The number of halogens is 3. The number of aromatic nitrogens is 2. The molecule has 2 rings (SSSR count). The Bertz CT molecular complexity index is 315. The largest absolute Gasteiger partial charge is 0.433 e. The van der Waals surface area contributed by atoms with Gasteiger partial charge in [-0.2, -0.15) is 13.2 Å². The Hall–Kier alpha value is -1.20. The molecular weight excluding hydrogens is 183 g/mol. The minimum Gasteiger partial charge on any atom is -0.356 e. The number of nitrogens with one attached hydrogen (secondary N) is 1. The van der Waals surface area contributed by atoms with Gasteiger partial charge in [-0.15, -0.1) is 0 Å². The topological polar surface area (TPSA) is 29.9 Å². The summed E-state index contributed by atoms with van der Waals surface area (Å²) in [5, 5.41) is 2.81. The molecule has 0 fully saturated rings. The minimum atomic E-state index is -4.30. The van der Waals surface area contributed by atoms with Crippen LogP contribution in [0.5, 0.6) is 0 Å². The summed E-state index contributed by atoms with van der Waals surface area (Å²) in [6.45, 7) is 1.07. The normalized spacial score (nSPS) is 16.5. The van der Waals surface area contributed by atoms with E-state index in [0.29, 0.717) is 25.5 Å². The van der Waals surface area contributed by atoms with E-state index in [1.807, 2.05) is 0 Å². The third-order valence-corrected chi connectivity index (χ3v) is 1.99. The number of fused-ring (bicyclic) bond motifs is 1. The Morgan fingerprint density at radius 3 is 2.92 bits per heavy atom. The van der Waals surface area contributed by atoms with Crippen LogP contribution in [0.1, 0.15) is 12.1 Å². The maximum absolute atomic E-state index is 12.3. The molecule has 0 spiro atoms. The molecule has 1 aliphatic heterocycles. The molecule has 0 radical (unpaired) electrons. The van der Waals surface area contributed by atoms with Crippen LogP contribution in [0.3, 0.4) is 0 Å². The maximum atomic E-state index is 12.3. The van der Waals surface area contributed by atoms with E-state index in [9.17, 15) is 13.2 Å². The average Bonchev–Trinajstić information content (AvgIpc) is 2.45. The van der Waals surface area contributed by atoms with Crippen molar-refractivity contribution >= 4 is 5.95 Å². The van der Waals surface area contributed by atoms with Gasteiger partial charge in [0.25, 0.3) is 0 Å². The van der Waals surface area contributed by atoms with Crippen LogP contribution in [-0.2, 0) is 12.7 Å². The molecule has 3 nitrogen and oxygen atoms in total. The van der Waals surface area contributed by atoms with E-state index in [0.717, 1.165) is 6.20 Å². The van der Waals surface area contributed by atoms with Crippen molar-refractivity contribution in [2.75, 3.05) is 11.9 Å². The summed E-state index contributed by atoms with van der Waals surface area (Å²) >= 11 is 0. The predicted molar refractivity (Wildman–Crippen MR) is 40.3 cm³/mol. The molecule has 0 saturated heterocycles. The number of hydrogen-bond donors (Lipinski definition) is 1. The number of rotatable bonds is 0. The first-order valence-electron chi connectivity index (χ1n) is 3.95. The van der Waals surface area contributed by atoms with E-state index < -0.39 is 11.9 Å². The van der Waals surface area contributed by atoms with Gasteiger partial charge in [-0.3, -0.25) is 0 Å². The maximum Gasteiger partial charge on any atom is 0.433 e. The molecule has 13 heavy (non-hydrogen) atoms. The van der Waals surface area contributed by atoms with Crippen molar-refractivity contribution in [1.29, 1.82) is 0 Å². The fraction of sp³-hybridized carbons (Fsp3) is 0.571. The van der Waals surface area contributed by atoms with Crippen molar-refractivity contribution in [3.63, 3.8) is 0 Å². The number of hydrogen-bond acceptors (Lipinski definition) is 2. The van der Waals surface area contributed by atoms with Crippen molar-refractivity contribution in [2.45, 2.75) is 19.1 Å². The molecule has 0 aromatic carbocycles. The molecule has 0 aliphatic carbocycles. The Morgan fingerprint density at radius 2 is 2.23 bits per heavy atom. The monoisotopic (exact) mass is 191 g/mol. The van der Waals surface area contributed by atoms with Gasteiger partial charge in [0.15, 0.2) is 0 Å². The summed E-state index contributed by atoms with van der Waals surface area (Å²) in [6.07, 6.45) is -2.73. The van der Waals surface area contributed by atoms with Gasteiger partial charge >= 0.3 is 6.18 Å². The molecule has 1 aliphatic rings. The summed E-state index contributed by atoms with van der Waals surface area (Å²) < 4.78 is 38.1. The Balaban J connectivity index is 2.43. The molecule has 2 heterocycles. The standard InChI is InChI=1S/C7H8F3N3/c8-7(9,10)5-4-12-6-11-2-1-3-13(5)6/h4H,1-3H2,(H,11,12). The third kappa shape index (κ3) is 1.36. The molecule has 0 bridgehead atoms. The van der Waals surface area contributed by atoms with Crippen molar-refractivity contribution in [3.05, 3.63) is 11.9 Å². The minimum absolute atomic E-state index is 0.318. The zero-order valence-corrected chi connectivity index (χ0v) is 6.73. The highest BCUT2D eigenvalue weighted by atomic mass is 19.4. The lowest BCUT2D eigenvalue weighted by Gasteiger charge is -2.18.